The molecule has 0 bridgehead atoms. The molecule has 2 rings (SSSR count). The van der Waals surface area contributed by atoms with Gasteiger partial charge in [-0.2, -0.15) is 5.21 Å². The van der Waals surface area contributed by atoms with E-state index >= 15 is 0 Å². The van der Waals surface area contributed by atoms with Crippen molar-refractivity contribution in [3.05, 3.63) is 24.2 Å². The van der Waals surface area contributed by atoms with Crippen LogP contribution < -0.4 is 10.2 Å². The third-order valence-electron chi connectivity index (χ3n) is 2.64. The number of anilines is 2. The van der Waals surface area contributed by atoms with Crippen LogP contribution in [0.4, 0.5) is 11.5 Å². The first-order valence-corrected chi connectivity index (χ1v) is 6.00. The molecule has 0 aromatic carbocycles. The molecular weight excluding hydrogens is 246 g/mol. The van der Waals surface area contributed by atoms with Gasteiger partial charge in [0.2, 0.25) is 0 Å². The summed E-state index contributed by atoms with van der Waals surface area (Å²) in [6.07, 6.45) is 1.60. The molecule has 0 aliphatic heterocycles. The van der Waals surface area contributed by atoms with Gasteiger partial charge in [-0.1, -0.05) is 0 Å². The van der Waals surface area contributed by atoms with Crippen LogP contribution in [0.5, 0.6) is 0 Å². The van der Waals surface area contributed by atoms with E-state index in [0.717, 1.165) is 18.9 Å². The van der Waals surface area contributed by atoms with Crippen LogP contribution >= 0.6 is 0 Å². The molecule has 1 amide bonds. The van der Waals surface area contributed by atoms with Crippen LogP contribution in [-0.4, -0.2) is 44.6 Å². The highest BCUT2D eigenvalue weighted by Gasteiger charge is 2.11. The number of aromatic nitrogens is 5. The number of nitrogens with one attached hydrogen (secondary N) is 2. The summed E-state index contributed by atoms with van der Waals surface area (Å²) >= 11 is 0. The normalized spacial score (nSPS) is 10.2. The van der Waals surface area contributed by atoms with E-state index in [1.54, 1.807) is 12.3 Å². The number of pyridine rings is 1. The van der Waals surface area contributed by atoms with Gasteiger partial charge in [-0.05, 0) is 31.2 Å². The molecule has 2 aromatic rings. The van der Waals surface area contributed by atoms with Crippen LogP contribution in [0.25, 0.3) is 0 Å². The molecule has 0 unspecified atom stereocenters. The molecule has 100 valence electrons. The number of tetrazole rings is 1. The van der Waals surface area contributed by atoms with E-state index in [2.05, 4.69) is 49.7 Å². The Bertz CT molecular complexity index is 518. The number of aromatic amines is 1. The molecule has 8 nitrogen and oxygen atoms in total. The van der Waals surface area contributed by atoms with Gasteiger partial charge in [-0.25, -0.2) is 4.98 Å². The lowest BCUT2D eigenvalue weighted by atomic mass is 10.3. The number of hydrogen-bond acceptors (Lipinski definition) is 6. The monoisotopic (exact) mass is 261 g/mol. The van der Waals surface area contributed by atoms with E-state index in [4.69, 9.17) is 0 Å². The fourth-order valence-electron chi connectivity index (χ4n) is 1.64. The maximum atomic E-state index is 11.7. The predicted octanol–water partition coefficient (Wildman–Crippen LogP) is 0.693. The molecule has 0 aliphatic carbocycles. The zero-order valence-electron chi connectivity index (χ0n) is 10.8. The Hall–Kier alpha value is -2.51. The Morgan fingerprint density at radius 1 is 1.37 bits per heavy atom. The Labute approximate surface area is 110 Å². The second-order valence-corrected chi connectivity index (χ2v) is 3.77. The summed E-state index contributed by atoms with van der Waals surface area (Å²) in [6, 6.07) is 3.65. The third kappa shape index (κ3) is 3.03. The van der Waals surface area contributed by atoms with Gasteiger partial charge in [-0.3, -0.25) is 4.79 Å². The lowest BCUT2D eigenvalue weighted by Gasteiger charge is -2.19. The predicted molar refractivity (Wildman–Crippen MR) is 69.9 cm³/mol. The van der Waals surface area contributed by atoms with Crippen molar-refractivity contribution in [1.82, 2.24) is 25.6 Å². The Balaban J connectivity index is 2.05. The number of carbonyl (C=O) groups excluding carboxylic acids is 1. The Kier molecular flexibility index (Phi) is 4.01. The molecule has 0 saturated heterocycles. The number of H-pyrrole nitrogens is 1. The summed E-state index contributed by atoms with van der Waals surface area (Å²) < 4.78 is 0. The number of hydrogen-bond donors (Lipinski definition) is 2. The van der Waals surface area contributed by atoms with Crippen molar-refractivity contribution in [2.24, 2.45) is 0 Å². The summed E-state index contributed by atoms with van der Waals surface area (Å²) in [6.45, 7) is 5.91. The average Bonchev–Trinajstić information content (AvgIpc) is 2.96. The number of nitrogens with zero attached hydrogens (tertiary/aromatic N) is 5. The van der Waals surface area contributed by atoms with Crippen molar-refractivity contribution >= 4 is 17.4 Å². The van der Waals surface area contributed by atoms with E-state index in [1.807, 2.05) is 6.07 Å². The van der Waals surface area contributed by atoms with Gasteiger partial charge in [0.05, 0.1) is 11.9 Å². The minimum absolute atomic E-state index is 0.00665. The molecule has 0 fully saturated rings. The van der Waals surface area contributed by atoms with Crippen molar-refractivity contribution in [3.8, 4) is 0 Å². The van der Waals surface area contributed by atoms with Gasteiger partial charge in [0.1, 0.15) is 5.82 Å². The molecule has 0 atom stereocenters. The first kappa shape index (κ1) is 12.9. The minimum Gasteiger partial charge on any atom is -0.357 e. The lowest BCUT2D eigenvalue weighted by molar-refractivity contribution is 0.101. The van der Waals surface area contributed by atoms with Crippen molar-refractivity contribution in [2.45, 2.75) is 13.8 Å². The Morgan fingerprint density at radius 3 is 2.68 bits per heavy atom. The standard InChI is InChI=1S/C11H15N7O/c1-3-18(4-2)9-6-5-8(7-12-9)13-11(19)10-14-16-17-15-10/h5-7H,3-4H2,1-2H3,(H,13,19)(H,14,15,16,17). The summed E-state index contributed by atoms with van der Waals surface area (Å²) in [5.74, 6) is 0.446. The van der Waals surface area contributed by atoms with E-state index in [0.29, 0.717) is 5.69 Å². The van der Waals surface area contributed by atoms with Crippen LogP contribution in [0.15, 0.2) is 18.3 Å². The van der Waals surface area contributed by atoms with Crippen molar-refractivity contribution in [1.29, 1.82) is 0 Å². The van der Waals surface area contributed by atoms with Gasteiger partial charge in [0, 0.05) is 13.1 Å². The molecule has 0 aliphatic rings. The van der Waals surface area contributed by atoms with E-state index in [-0.39, 0.29) is 5.82 Å². The van der Waals surface area contributed by atoms with E-state index in [1.165, 1.54) is 0 Å². The molecular formula is C11H15N7O. The molecule has 0 spiro atoms. The molecule has 2 heterocycles. The Morgan fingerprint density at radius 2 is 2.16 bits per heavy atom. The topological polar surface area (TPSA) is 99.7 Å². The number of amides is 1. The van der Waals surface area contributed by atoms with Gasteiger partial charge in [0.25, 0.3) is 11.7 Å². The summed E-state index contributed by atoms with van der Waals surface area (Å²) in [4.78, 5) is 18.1. The van der Waals surface area contributed by atoms with Gasteiger partial charge in [-0.15, -0.1) is 10.2 Å². The second-order valence-electron chi connectivity index (χ2n) is 3.77. The maximum Gasteiger partial charge on any atom is 0.297 e. The lowest BCUT2D eigenvalue weighted by Crippen LogP contribution is -2.23. The second kappa shape index (κ2) is 5.89. The average molecular weight is 261 g/mol. The van der Waals surface area contributed by atoms with Crippen LogP contribution in [0.1, 0.15) is 24.5 Å². The van der Waals surface area contributed by atoms with E-state index < -0.39 is 5.91 Å². The fraction of sp³-hybridized carbons (Fsp3) is 0.364. The number of rotatable bonds is 5. The minimum atomic E-state index is -0.425. The van der Waals surface area contributed by atoms with Crippen LogP contribution in [0.3, 0.4) is 0 Å². The van der Waals surface area contributed by atoms with Crippen LogP contribution in [0, 0.1) is 0 Å². The van der Waals surface area contributed by atoms with Crippen molar-refractivity contribution in [3.63, 3.8) is 0 Å². The van der Waals surface area contributed by atoms with Gasteiger partial charge in [0.15, 0.2) is 0 Å². The molecule has 0 radical (unpaired) electrons. The zero-order chi connectivity index (χ0) is 13.7. The van der Waals surface area contributed by atoms with E-state index in [9.17, 15) is 4.79 Å². The fourth-order valence-corrected chi connectivity index (χ4v) is 1.64. The highest BCUT2D eigenvalue weighted by atomic mass is 16.2. The van der Waals surface area contributed by atoms with Crippen LogP contribution in [-0.2, 0) is 0 Å². The first-order chi connectivity index (χ1) is 9.24. The van der Waals surface area contributed by atoms with Crippen LogP contribution in [0.2, 0.25) is 0 Å². The highest BCUT2D eigenvalue weighted by Crippen LogP contribution is 2.14. The summed E-state index contributed by atoms with van der Waals surface area (Å²) in [5, 5.41) is 15.4. The van der Waals surface area contributed by atoms with Crippen molar-refractivity contribution in [2.75, 3.05) is 23.3 Å². The molecule has 2 N–H and O–H groups in total. The van der Waals surface area contributed by atoms with Gasteiger partial charge < -0.3 is 10.2 Å². The largest absolute Gasteiger partial charge is 0.357 e. The molecule has 8 heteroatoms. The SMILES string of the molecule is CCN(CC)c1ccc(NC(=O)c2nn[nH]n2)cn1. The highest BCUT2D eigenvalue weighted by molar-refractivity contribution is 6.01. The van der Waals surface area contributed by atoms with Crippen molar-refractivity contribution < 1.29 is 4.79 Å². The quantitative estimate of drug-likeness (QED) is 0.821. The number of carbonyl (C=O) groups is 1. The summed E-state index contributed by atoms with van der Waals surface area (Å²) in [7, 11) is 0. The first-order valence-electron chi connectivity index (χ1n) is 6.00. The smallest absolute Gasteiger partial charge is 0.297 e. The zero-order valence-corrected chi connectivity index (χ0v) is 10.8. The molecule has 19 heavy (non-hydrogen) atoms. The molecule has 2 aromatic heterocycles. The summed E-state index contributed by atoms with van der Waals surface area (Å²) in [5.41, 5.74) is 0.589. The van der Waals surface area contributed by atoms with Gasteiger partial charge >= 0.3 is 0 Å². The third-order valence-corrected chi connectivity index (χ3v) is 2.64. The maximum absolute atomic E-state index is 11.7. The molecule has 0 saturated carbocycles.